The normalized spacial score (nSPS) is 12.6. The third kappa shape index (κ3) is 4.42. The van der Waals surface area contributed by atoms with Gasteiger partial charge in [-0.1, -0.05) is 24.3 Å². The van der Waals surface area contributed by atoms with E-state index >= 15 is 0 Å². The molecule has 0 bridgehead atoms. The summed E-state index contributed by atoms with van der Waals surface area (Å²) in [6.07, 6.45) is 0. The van der Waals surface area contributed by atoms with Gasteiger partial charge >= 0.3 is 11.6 Å². The van der Waals surface area contributed by atoms with E-state index < -0.39 is 17.3 Å². The Morgan fingerprint density at radius 3 is 2.46 bits per heavy atom. The Morgan fingerprint density at radius 1 is 1.07 bits per heavy atom. The van der Waals surface area contributed by atoms with Crippen LogP contribution in [0.15, 0.2) is 57.7 Å². The van der Waals surface area contributed by atoms with E-state index in [1.165, 1.54) is 6.07 Å². The van der Waals surface area contributed by atoms with Crippen LogP contribution in [0.1, 0.15) is 33.3 Å². The maximum absolute atomic E-state index is 12.2. The molecule has 146 valence electrons. The zero-order chi connectivity index (χ0) is 20.5. The summed E-state index contributed by atoms with van der Waals surface area (Å²) in [5, 5.41) is 3.95. The van der Waals surface area contributed by atoms with E-state index in [-0.39, 0.29) is 5.97 Å². The van der Waals surface area contributed by atoms with Gasteiger partial charge in [0.1, 0.15) is 17.2 Å². The average molecular weight is 379 g/mol. The van der Waals surface area contributed by atoms with Gasteiger partial charge in [0.05, 0.1) is 0 Å². The van der Waals surface area contributed by atoms with Crippen LogP contribution in [-0.2, 0) is 9.53 Å². The number of hydrogen-bond acceptors (Lipinski definition) is 5. The lowest BCUT2D eigenvalue weighted by Crippen LogP contribution is -2.34. The molecule has 0 radical (unpaired) electrons. The summed E-state index contributed by atoms with van der Waals surface area (Å²) < 4.78 is 10.8. The molecule has 1 heterocycles. The number of anilines is 1. The molecule has 1 aromatic heterocycles. The molecule has 0 aliphatic heterocycles. The number of carbonyl (C=O) groups excluding carboxylic acids is 1. The molecule has 0 unspecified atom stereocenters. The summed E-state index contributed by atoms with van der Waals surface area (Å²) in [6.45, 7) is 9.23. The van der Waals surface area contributed by atoms with Crippen LogP contribution in [0.4, 0.5) is 5.69 Å². The van der Waals surface area contributed by atoms with E-state index in [9.17, 15) is 9.59 Å². The summed E-state index contributed by atoms with van der Waals surface area (Å²) >= 11 is 0. The van der Waals surface area contributed by atoms with Crippen LogP contribution in [0.3, 0.4) is 0 Å². The second-order valence-electron chi connectivity index (χ2n) is 7.90. The SMILES string of the molecule is Cc1ccccc1-c1cc(=O)oc2cc(N[C@H](C)C(=O)OC(C)(C)C)ccc12. The first-order valence-electron chi connectivity index (χ1n) is 9.27. The van der Waals surface area contributed by atoms with Crippen LogP contribution in [0.2, 0.25) is 0 Å². The summed E-state index contributed by atoms with van der Waals surface area (Å²) in [4.78, 5) is 24.3. The summed E-state index contributed by atoms with van der Waals surface area (Å²) in [5.41, 5.74) is 3.08. The van der Waals surface area contributed by atoms with Gasteiger partial charge in [-0.25, -0.2) is 9.59 Å². The number of aryl methyl sites for hydroxylation is 1. The van der Waals surface area contributed by atoms with E-state index in [1.807, 2.05) is 64.1 Å². The fourth-order valence-electron chi connectivity index (χ4n) is 3.05. The Balaban J connectivity index is 1.96. The van der Waals surface area contributed by atoms with Gasteiger partial charge in [-0.05, 0) is 57.9 Å². The molecule has 0 amide bonds. The molecular weight excluding hydrogens is 354 g/mol. The molecule has 3 rings (SSSR count). The van der Waals surface area contributed by atoms with Crippen molar-refractivity contribution in [3.05, 3.63) is 64.5 Å². The van der Waals surface area contributed by atoms with Crippen molar-refractivity contribution in [3.63, 3.8) is 0 Å². The fraction of sp³-hybridized carbons (Fsp3) is 0.304. The topological polar surface area (TPSA) is 68.5 Å². The average Bonchev–Trinajstić information content (AvgIpc) is 2.59. The van der Waals surface area contributed by atoms with Crippen LogP contribution in [-0.4, -0.2) is 17.6 Å². The minimum Gasteiger partial charge on any atom is -0.458 e. The lowest BCUT2D eigenvalue weighted by atomic mass is 9.98. The number of benzene rings is 2. The summed E-state index contributed by atoms with van der Waals surface area (Å²) in [5.74, 6) is -0.345. The van der Waals surface area contributed by atoms with Crippen LogP contribution >= 0.6 is 0 Å². The molecule has 0 aliphatic carbocycles. The van der Waals surface area contributed by atoms with Crippen molar-refractivity contribution in [2.24, 2.45) is 0 Å². The van der Waals surface area contributed by atoms with Gasteiger partial charge in [0.15, 0.2) is 0 Å². The standard InChI is InChI=1S/C23H25NO4/c1-14-8-6-7-9-17(14)19-13-21(25)27-20-12-16(10-11-18(19)20)24-15(2)22(26)28-23(3,4)5/h6-13,15,24H,1-5H3/t15-/m1/s1. The lowest BCUT2D eigenvalue weighted by Gasteiger charge is -2.23. The molecule has 0 fully saturated rings. The Labute approximate surface area is 164 Å². The highest BCUT2D eigenvalue weighted by Gasteiger charge is 2.21. The second kappa shape index (κ2) is 7.50. The molecule has 5 nitrogen and oxygen atoms in total. The monoisotopic (exact) mass is 379 g/mol. The summed E-state index contributed by atoms with van der Waals surface area (Å²) in [7, 11) is 0. The number of nitrogens with one attached hydrogen (secondary N) is 1. The van der Waals surface area contributed by atoms with Gasteiger partial charge in [0.25, 0.3) is 0 Å². The maximum atomic E-state index is 12.2. The highest BCUT2D eigenvalue weighted by Crippen LogP contribution is 2.31. The molecule has 1 N–H and O–H groups in total. The fourth-order valence-corrected chi connectivity index (χ4v) is 3.05. The van der Waals surface area contributed by atoms with Crippen molar-refractivity contribution in [3.8, 4) is 11.1 Å². The molecule has 5 heteroatoms. The van der Waals surface area contributed by atoms with E-state index in [0.717, 1.165) is 22.1 Å². The molecule has 3 aromatic rings. The number of rotatable bonds is 4. The van der Waals surface area contributed by atoms with Crippen LogP contribution in [0, 0.1) is 6.92 Å². The number of fused-ring (bicyclic) bond motifs is 1. The van der Waals surface area contributed by atoms with Gasteiger partial charge in [0, 0.05) is 28.8 Å². The largest absolute Gasteiger partial charge is 0.458 e. The Kier molecular flexibility index (Phi) is 5.27. The molecule has 0 saturated heterocycles. The first-order chi connectivity index (χ1) is 13.1. The van der Waals surface area contributed by atoms with Crippen molar-refractivity contribution >= 4 is 22.6 Å². The molecule has 28 heavy (non-hydrogen) atoms. The third-order valence-corrected chi connectivity index (χ3v) is 4.32. The Bertz CT molecular complexity index is 1080. The number of carbonyl (C=O) groups is 1. The first kappa shape index (κ1) is 19.7. The smallest absolute Gasteiger partial charge is 0.336 e. The van der Waals surface area contributed by atoms with Crippen LogP contribution in [0.5, 0.6) is 0 Å². The third-order valence-electron chi connectivity index (χ3n) is 4.32. The molecular formula is C23H25NO4. The molecule has 0 saturated carbocycles. The van der Waals surface area contributed by atoms with Gasteiger partial charge in [-0.2, -0.15) is 0 Å². The van der Waals surface area contributed by atoms with E-state index in [4.69, 9.17) is 9.15 Å². The highest BCUT2D eigenvalue weighted by atomic mass is 16.6. The molecule has 1 atom stereocenters. The minimum absolute atomic E-state index is 0.345. The molecule has 2 aromatic carbocycles. The predicted molar refractivity (Wildman–Crippen MR) is 112 cm³/mol. The van der Waals surface area contributed by atoms with Crippen LogP contribution in [0.25, 0.3) is 22.1 Å². The van der Waals surface area contributed by atoms with E-state index in [2.05, 4.69) is 5.32 Å². The zero-order valence-electron chi connectivity index (χ0n) is 16.8. The Morgan fingerprint density at radius 2 is 1.79 bits per heavy atom. The van der Waals surface area contributed by atoms with E-state index in [1.54, 1.807) is 13.0 Å². The van der Waals surface area contributed by atoms with E-state index in [0.29, 0.717) is 11.3 Å². The maximum Gasteiger partial charge on any atom is 0.336 e. The quantitative estimate of drug-likeness (QED) is 0.515. The van der Waals surface area contributed by atoms with Crippen LogP contribution < -0.4 is 10.9 Å². The van der Waals surface area contributed by atoms with Crippen molar-refractivity contribution < 1.29 is 13.9 Å². The van der Waals surface area contributed by atoms with Gasteiger partial charge in [-0.3, -0.25) is 0 Å². The predicted octanol–water partition coefficient (Wildman–Crippen LogP) is 4.91. The summed E-state index contributed by atoms with van der Waals surface area (Å²) in [6, 6.07) is 14.4. The van der Waals surface area contributed by atoms with Crippen molar-refractivity contribution in [1.82, 2.24) is 0 Å². The lowest BCUT2D eigenvalue weighted by molar-refractivity contribution is -0.155. The van der Waals surface area contributed by atoms with Crippen molar-refractivity contribution in [2.75, 3.05) is 5.32 Å². The number of ether oxygens (including phenoxy) is 1. The first-order valence-corrected chi connectivity index (χ1v) is 9.27. The van der Waals surface area contributed by atoms with Crippen molar-refractivity contribution in [1.29, 1.82) is 0 Å². The zero-order valence-corrected chi connectivity index (χ0v) is 16.8. The highest BCUT2D eigenvalue weighted by molar-refractivity contribution is 5.95. The van der Waals surface area contributed by atoms with Gasteiger partial charge in [-0.15, -0.1) is 0 Å². The number of hydrogen-bond donors (Lipinski definition) is 1. The van der Waals surface area contributed by atoms with Gasteiger partial charge < -0.3 is 14.5 Å². The van der Waals surface area contributed by atoms with Gasteiger partial charge in [0.2, 0.25) is 0 Å². The van der Waals surface area contributed by atoms with Crippen molar-refractivity contribution in [2.45, 2.75) is 46.3 Å². The second-order valence-corrected chi connectivity index (χ2v) is 7.90. The number of esters is 1. The Hall–Kier alpha value is -3.08. The molecule has 0 spiro atoms. The molecule has 0 aliphatic rings. The minimum atomic E-state index is -0.550.